The molecule has 1 aromatic heterocycles. The minimum Gasteiger partial charge on any atom is -0.497 e. The van der Waals surface area contributed by atoms with Crippen molar-refractivity contribution < 1.29 is 4.74 Å². The highest BCUT2D eigenvalue weighted by atomic mass is 16.5. The number of nitrogens with zero attached hydrogens (tertiary/aromatic N) is 3. The van der Waals surface area contributed by atoms with Crippen LogP contribution in [0.5, 0.6) is 5.75 Å². The minimum absolute atomic E-state index is 0.179. The van der Waals surface area contributed by atoms with Crippen LogP contribution in [0.3, 0.4) is 0 Å². The zero-order chi connectivity index (χ0) is 14.7. The van der Waals surface area contributed by atoms with Crippen molar-refractivity contribution in [2.24, 2.45) is 10.7 Å². The number of ether oxygens (including phenoxy) is 1. The molecule has 0 spiro atoms. The predicted molar refractivity (Wildman–Crippen MR) is 82.6 cm³/mol. The first-order chi connectivity index (χ1) is 10.2. The molecule has 2 aromatic rings. The summed E-state index contributed by atoms with van der Waals surface area (Å²) >= 11 is 0. The SMILES string of the molecule is COc1cccc(NC(N)=NC2CCn3ccnc3C2)c1. The van der Waals surface area contributed by atoms with Crippen LogP contribution in [0.4, 0.5) is 5.69 Å². The average molecular weight is 285 g/mol. The maximum atomic E-state index is 5.99. The molecule has 0 amide bonds. The highest BCUT2D eigenvalue weighted by molar-refractivity contribution is 5.92. The van der Waals surface area contributed by atoms with Gasteiger partial charge in [0.25, 0.3) is 0 Å². The summed E-state index contributed by atoms with van der Waals surface area (Å²) in [5, 5.41) is 3.10. The summed E-state index contributed by atoms with van der Waals surface area (Å²) in [4.78, 5) is 8.89. The Hall–Kier alpha value is -2.50. The van der Waals surface area contributed by atoms with Crippen molar-refractivity contribution in [2.45, 2.75) is 25.4 Å². The number of nitrogens with one attached hydrogen (secondary N) is 1. The van der Waals surface area contributed by atoms with E-state index < -0.39 is 0 Å². The van der Waals surface area contributed by atoms with Crippen molar-refractivity contribution in [2.75, 3.05) is 12.4 Å². The lowest BCUT2D eigenvalue weighted by Gasteiger charge is -2.20. The minimum atomic E-state index is 0.179. The lowest BCUT2D eigenvalue weighted by atomic mass is 10.1. The van der Waals surface area contributed by atoms with Gasteiger partial charge in [0.2, 0.25) is 0 Å². The summed E-state index contributed by atoms with van der Waals surface area (Å²) in [5.41, 5.74) is 6.86. The number of methoxy groups -OCH3 is 1. The molecule has 1 aliphatic rings. The fraction of sp³-hybridized carbons (Fsp3) is 0.333. The van der Waals surface area contributed by atoms with E-state index in [9.17, 15) is 0 Å². The lowest BCUT2D eigenvalue weighted by molar-refractivity contribution is 0.415. The van der Waals surface area contributed by atoms with E-state index in [2.05, 4.69) is 19.9 Å². The molecule has 1 unspecified atom stereocenters. The molecule has 6 heteroatoms. The Bertz CT molecular complexity index is 649. The van der Waals surface area contributed by atoms with Gasteiger partial charge in [-0.1, -0.05) is 6.07 Å². The van der Waals surface area contributed by atoms with Crippen molar-refractivity contribution in [3.8, 4) is 5.75 Å². The zero-order valence-corrected chi connectivity index (χ0v) is 12.0. The Morgan fingerprint density at radius 3 is 3.29 bits per heavy atom. The van der Waals surface area contributed by atoms with Gasteiger partial charge in [-0.25, -0.2) is 9.98 Å². The van der Waals surface area contributed by atoms with Crippen molar-refractivity contribution in [1.29, 1.82) is 0 Å². The van der Waals surface area contributed by atoms with Gasteiger partial charge in [0.1, 0.15) is 11.6 Å². The molecule has 0 saturated carbocycles. The van der Waals surface area contributed by atoms with E-state index in [-0.39, 0.29) is 6.04 Å². The van der Waals surface area contributed by atoms with Gasteiger partial charge in [0, 0.05) is 37.1 Å². The highest BCUT2D eigenvalue weighted by Gasteiger charge is 2.18. The van der Waals surface area contributed by atoms with Crippen molar-refractivity contribution in [3.63, 3.8) is 0 Å². The van der Waals surface area contributed by atoms with Gasteiger partial charge in [-0.15, -0.1) is 0 Å². The standard InChI is InChI=1S/C15H19N5O/c1-21-13-4-2-3-11(9-13)18-15(16)19-12-5-7-20-8-6-17-14(20)10-12/h2-4,6,8-9,12H,5,7,10H2,1H3,(H3,16,18,19). The number of benzene rings is 1. The second kappa shape index (κ2) is 5.87. The zero-order valence-electron chi connectivity index (χ0n) is 12.0. The first-order valence-electron chi connectivity index (χ1n) is 6.99. The number of hydrogen-bond acceptors (Lipinski definition) is 3. The topological polar surface area (TPSA) is 77.5 Å². The molecule has 21 heavy (non-hydrogen) atoms. The number of aromatic nitrogens is 2. The quantitative estimate of drug-likeness (QED) is 0.664. The molecule has 3 rings (SSSR count). The molecule has 0 aliphatic carbocycles. The largest absolute Gasteiger partial charge is 0.497 e. The summed E-state index contributed by atoms with van der Waals surface area (Å²) in [5.74, 6) is 2.28. The third-order valence-electron chi connectivity index (χ3n) is 3.59. The first-order valence-corrected chi connectivity index (χ1v) is 6.99. The number of imidazole rings is 1. The van der Waals surface area contributed by atoms with Gasteiger partial charge in [0.05, 0.1) is 13.2 Å². The van der Waals surface area contributed by atoms with Gasteiger partial charge in [-0.05, 0) is 18.6 Å². The van der Waals surface area contributed by atoms with Crippen molar-refractivity contribution in [1.82, 2.24) is 9.55 Å². The van der Waals surface area contributed by atoms with Gasteiger partial charge in [0.15, 0.2) is 5.96 Å². The van der Waals surface area contributed by atoms with Crippen LogP contribution in [0.15, 0.2) is 41.7 Å². The van der Waals surface area contributed by atoms with Gasteiger partial charge in [-0.2, -0.15) is 0 Å². The molecule has 0 fully saturated rings. The van der Waals surface area contributed by atoms with E-state index in [1.807, 2.05) is 36.7 Å². The second-order valence-electron chi connectivity index (χ2n) is 5.05. The molecule has 110 valence electrons. The van der Waals surface area contributed by atoms with Crippen LogP contribution in [-0.2, 0) is 13.0 Å². The molecule has 0 bridgehead atoms. The molecule has 3 N–H and O–H groups in total. The molecule has 0 saturated heterocycles. The Morgan fingerprint density at radius 2 is 2.43 bits per heavy atom. The van der Waals surface area contributed by atoms with Crippen LogP contribution in [0.1, 0.15) is 12.2 Å². The van der Waals surface area contributed by atoms with E-state index >= 15 is 0 Å². The van der Waals surface area contributed by atoms with E-state index in [1.54, 1.807) is 7.11 Å². The Morgan fingerprint density at radius 1 is 1.52 bits per heavy atom. The van der Waals surface area contributed by atoms with Crippen LogP contribution in [-0.4, -0.2) is 28.7 Å². The molecular formula is C15H19N5O. The molecule has 1 aromatic carbocycles. The normalized spacial score (nSPS) is 18.1. The third kappa shape index (κ3) is 3.16. The number of anilines is 1. The number of fused-ring (bicyclic) bond motifs is 1. The van der Waals surface area contributed by atoms with Gasteiger partial charge < -0.3 is 20.4 Å². The molecule has 2 heterocycles. The summed E-state index contributed by atoms with van der Waals surface area (Å²) in [6, 6.07) is 7.79. The molecule has 0 radical (unpaired) electrons. The molecule has 1 atom stereocenters. The molecule has 1 aliphatic heterocycles. The Balaban J connectivity index is 1.66. The molecular weight excluding hydrogens is 266 g/mol. The fourth-order valence-electron chi connectivity index (χ4n) is 2.52. The number of hydrogen-bond donors (Lipinski definition) is 2. The van der Waals surface area contributed by atoms with Crippen LogP contribution >= 0.6 is 0 Å². The summed E-state index contributed by atoms with van der Waals surface area (Å²) in [6.07, 6.45) is 5.64. The van der Waals surface area contributed by atoms with Crippen LogP contribution in [0.2, 0.25) is 0 Å². The third-order valence-corrected chi connectivity index (χ3v) is 3.59. The van der Waals surface area contributed by atoms with Gasteiger partial charge >= 0.3 is 0 Å². The van der Waals surface area contributed by atoms with E-state index in [0.717, 1.165) is 36.6 Å². The summed E-state index contributed by atoms with van der Waals surface area (Å²) in [6.45, 7) is 0.940. The average Bonchev–Trinajstić information content (AvgIpc) is 2.95. The second-order valence-corrected chi connectivity index (χ2v) is 5.05. The van der Waals surface area contributed by atoms with E-state index in [4.69, 9.17) is 10.5 Å². The maximum Gasteiger partial charge on any atom is 0.193 e. The maximum absolute atomic E-state index is 5.99. The van der Waals surface area contributed by atoms with Crippen LogP contribution in [0, 0.1) is 0 Å². The van der Waals surface area contributed by atoms with E-state index in [1.165, 1.54) is 0 Å². The Kier molecular flexibility index (Phi) is 3.77. The Labute approximate surface area is 123 Å². The highest BCUT2D eigenvalue weighted by Crippen LogP contribution is 2.18. The number of aliphatic imine (C=N–C) groups is 1. The number of nitrogens with two attached hydrogens (primary N) is 1. The smallest absolute Gasteiger partial charge is 0.193 e. The lowest BCUT2D eigenvalue weighted by Crippen LogP contribution is -2.29. The van der Waals surface area contributed by atoms with E-state index in [0.29, 0.717) is 5.96 Å². The fourth-order valence-corrected chi connectivity index (χ4v) is 2.52. The van der Waals surface area contributed by atoms with Crippen LogP contribution in [0.25, 0.3) is 0 Å². The number of aryl methyl sites for hydroxylation is 1. The van der Waals surface area contributed by atoms with Gasteiger partial charge in [-0.3, -0.25) is 0 Å². The molecule has 6 nitrogen and oxygen atoms in total. The summed E-state index contributed by atoms with van der Waals surface area (Å²) in [7, 11) is 1.64. The predicted octanol–water partition coefficient (Wildman–Crippen LogP) is 1.63. The number of guanidine groups is 1. The number of rotatable bonds is 3. The van der Waals surface area contributed by atoms with Crippen molar-refractivity contribution in [3.05, 3.63) is 42.5 Å². The van der Waals surface area contributed by atoms with Crippen molar-refractivity contribution >= 4 is 11.6 Å². The monoisotopic (exact) mass is 285 g/mol. The first kappa shape index (κ1) is 13.5. The summed E-state index contributed by atoms with van der Waals surface area (Å²) < 4.78 is 7.35. The van der Waals surface area contributed by atoms with Crippen LogP contribution < -0.4 is 15.8 Å².